The summed E-state index contributed by atoms with van der Waals surface area (Å²) >= 11 is 0. The van der Waals surface area contributed by atoms with Crippen molar-refractivity contribution in [2.45, 2.75) is 90.3 Å². The van der Waals surface area contributed by atoms with E-state index in [1.54, 1.807) is 0 Å². The zero-order valence-corrected chi connectivity index (χ0v) is 19.2. The second-order valence-corrected chi connectivity index (χ2v) is 9.45. The molecule has 1 unspecified atom stereocenters. The highest BCUT2D eigenvalue weighted by molar-refractivity contribution is 5.29. The summed E-state index contributed by atoms with van der Waals surface area (Å²) in [5.41, 5.74) is 2.38. The van der Waals surface area contributed by atoms with Crippen molar-refractivity contribution in [3.05, 3.63) is 65.7 Å². The second-order valence-electron chi connectivity index (χ2n) is 9.45. The number of hydrogen-bond acceptors (Lipinski definition) is 2. The number of aryl methyl sites for hydroxylation is 1. The van der Waals surface area contributed by atoms with E-state index in [1.165, 1.54) is 56.1 Å². The molecule has 1 aliphatic carbocycles. The second kappa shape index (κ2) is 11.6. The van der Waals surface area contributed by atoms with Gasteiger partial charge in [-0.05, 0) is 62.3 Å². The summed E-state index contributed by atoms with van der Waals surface area (Å²) in [6, 6.07) is 19.2. The van der Waals surface area contributed by atoms with Crippen LogP contribution in [0.2, 0.25) is 0 Å². The Balaban J connectivity index is 1.68. The minimum Gasteiger partial charge on any atom is -0.464 e. The summed E-state index contributed by atoms with van der Waals surface area (Å²) in [6.45, 7) is 7.45. The number of ether oxygens (including phenoxy) is 2. The van der Waals surface area contributed by atoms with Gasteiger partial charge in [-0.1, -0.05) is 87.9 Å². The lowest BCUT2D eigenvalue weighted by Gasteiger charge is -2.35. The summed E-state index contributed by atoms with van der Waals surface area (Å²) in [4.78, 5) is 0. The van der Waals surface area contributed by atoms with Crippen molar-refractivity contribution in [1.29, 1.82) is 0 Å². The standard InChI is InChI=1S/C28H40O2/c1-4-5-12-24-17-19-26(20-18-24)30-27(28(2,3)25-15-10-7-11-16-25)29-22-21-23-13-8-6-9-14-23/h7,10-11,15-20,23,27H,4-6,8-9,12-14,21-22H2,1-3H3. The molecule has 2 nitrogen and oxygen atoms in total. The van der Waals surface area contributed by atoms with E-state index in [9.17, 15) is 0 Å². The fourth-order valence-corrected chi connectivity index (χ4v) is 4.45. The molecule has 0 heterocycles. The van der Waals surface area contributed by atoms with E-state index in [1.807, 2.05) is 0 Å². The van der Waals surface area contributed by atoms with Crippen molar-refractivity contribution in [2.24, 2.45) is 5.92 Å². The molecule has 0 aliphatic heterocycles. The Bertz CT molecular complexity index is 714. The average Bonchev–Trinajstić information content (AvgIpc) is 2.79. The van der Waals surface area contributed by atoms with Crippen LogP contribution in [-0.4, -0.2) is 12.9 Å². The molecule has 1 atom stereocenters. The fourth-order valence-electron chi connectivity index (χ4n) is 4.45. The Morgan fingerprint density at radius 3 is 2.30 bits per heavy atom. The van der Waals surface area contributed by atoms with E-state index in [-0.39, 0.29) is 11.7 Å². The molecule has 3 rings (SSSR count). The first-order chi connectivity index (χ1) is 14.6. The molecule has 0 radical (unpaired) electrons. The summed E-state index contributed by atoms with van der Waals surface area (Å²) in [5, 5.41) is 0. The number of benzene rings is 2. The molecule has 1 fully saturated rings. The van der Waals surface area contributed by atoms with Gasteiger partial charge in [0, 0.05) is 0 Å². The van der Waals surface area contributed by atoms with Crippen molar-refractivity contribution in [1.82, 2.24) is 0 Å². The van der Waals surface area contributed by atoms with Gasteiger partial charge in [0.05, 0.1) is 12.0 Å². The molecule has 0 aromatic heterocycles. The Kier molecular flexibility index (Phi) is 8.81. The van der Waals surface area contributed by atoms with E-state index < -0.39 is 0 Å². The molecule has 0 saturated heterocycles. The van der Waals surface area contributed by atoms with E-state index >= 15 is 0 Å². The summed E-state index contributed by atoms with van der Waals surface area (Å²) in [5.74, 6) is 1.71. The first-order valence-corrected chi connectivity index (χ1v) is 12.0. The van der Waals surface area contributed by atoms with E-state index in [0.29, 0.717) is 0 Å². The molecule has 164 valence electrons. The number of hydrogen-bond donors (Lipinski definition) is 0. The van der Waals surface area contributed by atoms with E-state index in [0.717, 1.165) is 31.1 Å². The minimum absolute atomic E-state index is 0.241. The van der Waals surface area contributed by atoms with Gasteiger partial charge >= 0.3 is 0 Å². The van der Waals surface area contributed by atoms with Crippen LogP contribution >= 0.6 is 0 Å². The highest BCUT2D eigenvalue weighted by Crippen LogP contribution is 2.32. The Morgan fingerprint density at radius 1 is 0.933 bits per heavy atom. The average molecular weight is 409 g/mol. The molecule has 2 aromatic rings. The summed E-state index contributed by atoms with van der Waals surface area (Å²) in [7, 11) is 0. The Labute approximate surface area is 184 Å². The lowest BCUT2D eigenvalue weighted by Crippen LogP contribution is -2.41. The SMILES string of the molecule is CCCCc1ccc(OC(OCCC2CCCCC2)C(C)(C)c2ccccc2)cc1. The van der Waals surface area contributed by atoms with Gasteiger partial charge in [0.1, 0.15) is 5.75 Å². The molecule has 0 bridgehead atoms. The molecule has 2 heteroatoms. The van der Waals surface area contributed by atoms with Crippen molar-refractivity contribution in [2.75, 3.05) is 6.61 Å². The quantitative estimate of drug-likeness (QED) is 0.355. The lowest BCUT2D eigenvalue weighted by molar-refractivity contribution is -0.123. The van der Waals surface area contributed by atoms with Gasteiger partial charge in [-0.25, -0.2) is 0 Å². The smallest absolute Gasteiger partial charge is 0.209 e. The lowest BCUT2D eigenvalue weighted by atomic mass is 9.83. The molecule has 0 amide bonds. The highest BCUT2D eigenvalue weighted by Gasteiger charge is 2.34. The molecule has 0 spiro atoms. The minimum atomic E-state index is -0.315. The van der Waals surface area contributed by atoms with Crippen LogP contribution in [0, 0.1) is 5.92 Å². The third-order valence-corrected chi connectivity index (χ3v) is 6.61. The summed E-state index contributed by atoms with van der Waals surface area (Å²) in [6.07, 6.45) is 11.3. The first-order valence-electron chi connectivity index (χ1n) is 12.0. The van der Waals surface area contributed by atoms with E-state index in [4.69, 9.17) is 9.47 Å². The topological polar surface area (TPSA) is 18.5 Å². The first kappa shape index (κ1) is 22.9. The van der Waals surface area contributed by atoms with Crippen LogP contribution in [-0.2, 0) is 16.6 Å². The van der Waals surface area contributed by atoms with E-state index in [2.05, 4.69) is 75.4 Å². The molecule has 0 N–H and O–H groups in total. The number of unbranched alkanes of at least 4 members (excludes halogenated alkanes) is 1. The largest absolute Gasteiger partial charge is 0.464 e. The van der Waals surface area contributed by atoms with Crippen molar-refractivity contribution in [3.63, 3.8) is 0 Å². The zero-order chi connectivity index (χ0) is 21.2. The van der Waals surface area contributed by atoms with Crippen LogP contribution in [0.15, 0.2) is 54.6 Å². The van der Waals surface area contributed by atoms with Crippen LogP contribution in [0.5, 0.6) is 5.75 Å². The fraction of sp³-hybridized carbons (Fsp3) is 0.571. The maximum absolute atomic E-state index is 6.46. The van der Waals surface area contributed by atoms with Crippen LogP contribution in [0.1, 0.15) is 83.3 Å². The van der Waals surface area contributed by atoms with Crippen LogP contribution < -0.4 is 4.74 Å². The highest BCUT2D eigenvalue weighted by atomic mass is 16.7. The Hall–Kier alpha value is -1.80. The maximum atomic E-state index is 6.46. The van der Waals surface area contributed by atoms with Crippen molar-refractivity contribution < 1.29 is 9.47 Å². The molecule has 2 aromatic carbocycles. The molecule has 1 aliphatic rings. The molecule has 30 heavy (non-hydrogen) atoms. The van der Waals surface area contributed by atoms with Crippen molar-refractivity contribution >= 4 is 0 Å². The van der Waals surface area contributed by atoms with Gasteiger partial charge in [-0.3, -0.25) is 0 Å². The van der Waals surface area contributed by atoms with Gasteiger partial charge in [-0.2, -0.15) is 0 Å². The summed E-state index contributed by atoms with van der Waals surface area (Å²) < 4.78 is 12.9. The van der Waals surface area contributed by atoms with Crippen LogP contribution in [0.25, 0.3) is 0 Å². The predicted molar refractivity (Wildman–Crippen MR) is 126 cm³/mol. The Morgan fingerprint density at radius 2 is 1.63 bits per heavy atom. The van der Waals surface area contributed by atoms with Gasteiger partial charge < -0.3 is 9.47 Å². The van der Waals surface area contributed by atoms with Gasteiger partial charge in [-0.15, -0.1) is 0 Å². The van der Waals surface area contributed by atoms with Crippen molar-refractivity contribution in [3.8, 4) is 5.75 Å². The number of rotatable bonds is 11. The van der Waals surface area contributed by atoms with Gasteiger partial charge in [0.15, 0.2) is 0 Å². The third-order valence-electron chi connectivity index (χ3n) is 6.61. The normalized spacial score (nSPS) is 16.4. The van der Waals surface area contributed by atoms with Crippen LogP contribution in [0.3, 0.4) is 0 Å². The van der Waals surface area contributed by atoms with Gasteiger partial charge in [0.2, 0.25) is 6.29 Å². The predicted octanol–water partition coefficient (Wildman–Crippen LogP) is 7.70. The maximum Gasteiger partial charge on any atom is 0.209 e. The monoisotopic (exact) mass is 408 g/mol. The third kappa shape index (κ3) is 6.60. The van der Waals surface area contributed by atoms with Gasteiger partial charge in [0.25, 0.3) is 0 Å². The van der Waals surface area contributed by atoms with Crippen LogP contribution in [0.4, 0.5) is 0 Å². The molecular weight excluding hydrogens is 368 g/mol. The molecular formula is C28H40O2. The zero-order valence-electron chi connectivity index (χ0n) is 19.2. The molecule has 1 saturated carbocycles.